The summed E-state index contributed by atoms with van der Waals surface area (Å²) < 4.78 is 4.12. The van der Waals surface area contributed by atoms with Crippen LogP contribution in [0.2, 0.25) is 0 Å². The summed E-state index contributed by atoms with van der Waals surface area (Å²) in [7, 11) is 1.95. The van der Waals surface area contributed by atoms with Crippen molar-refractivity contribution in [2.45, 2.75) is 26.2 Å². The van der Waals surface area contributed by atoms with E-state index in [-0.39, 0.29) is 0 Å². The topological polar surface area (TPSA) is 35.1 Å². The lowest BCUT2D eigenvalue weighted by Crippen LogP contribution is -1.86. The molecule has 0 amide bonds. The zero-order valence-corrected chi connectivity index (χ0v) is 11.3. The van der Waals surface area contributed by atoms with Crippen LogP contribution in [-0.4, -0.2) is 19.2 Å². The van der Waals surface area contributed by atoms with Gasteiger partial charge >= 0.3 is 0 Å². The highest BCUT2D eigenvalue weighted by atomic mass is 32.1. The molecule has 0 spiro atoms. The maximum Gasteiger partial charge on any atom is 0.194 e. The third-order valence-corrected chi connectivity index (χ3v) is 4.76. The summed E-state index contributed by atoms with van der Waals surface area (Å²) in [6, 6.07) is 0. The first-order valence-electron chi connectivity index (χ1n) is 6.22. The van der Waals surface area contributed by atoms with E-state index in [1.165, 1.54) is 29.8 Å². The highest BCUT2D eigenvalue weighted by molar-refractivity contribution is 7.17. The van der Waals surface area contributed by atoms with E-state index in [4.69, 9.17) is 4.98 Å². The molecule has 0 unspecified atom stereocenters. The third-order valence-electron chi connectivity index (χ3n) is 3.61. The number of nitrogens with zero attached hydrogens (tertiary/aromatic N) is 4. The van der Waals surface area contributed by atoms with E-state index in [1.807, 2.05) is 36.2 Å². The van der Waals surface area contributed by atoms with E-state index in [0.717, 1.165) is 21.9 Å². The molecule has 0 fully saturated rings. The van der Waals surface area contributed by atoms with E-state index in [2.05, 4.69) is 15.7 Å². The van der Waals surface area contributed by atoms with E-state index in [9.17, 15) is 0 Å². The number of aryl methyl sites for hydroxylation is 4. The first-order chi connectivity index (χ1) is 8.72. The molecule has 3 aromatic rings. The van der Waals surface area contributed by atoms with Crippen molar-refractivity contribution in [2.75, 3.05) is 0 Å². The predicted molar refractivity (Wildman–Crippen MR) is 72.0 cm³/mol. The quantitative estimate of drug-likeness (QED) is 0.672. The van der Waals surface area contributed by atoms with Crippen LogP contribution in [0.1, 0.15) is 22.7 Å². The molecule has 0 aliphatic heterocycles. The Morgan fingerprint density at radius 2 is 2.17 bits per heavy atom. The molecule has 1 aliphatic rings. The van der Waals surface area contributed by atoms with E-state index >= 15 is 0 Å². The predicted octanol–water partition coefficient (Wildman–Crippen LogP) is 2.59. The number of fused-ring (bicyclic) bond motifs is 3. The third kappa shape index (κ3) is 1.31. The summed E-state index contributed by atoms with van der Waals surface area (Å²) in [6.45, 7) is 2.03. The fourth-order valence-electron chi connectivity index (χ4n) is 2.78. The Kier molecular flexibility index (Phi) is 1.97. The van der Waals surface area contributed by atoms with Crippen molar-refractivity contribution >= 4 is 16.3 Å². The number of hydrogen-bond donors (Lipinski definition) is 0. The molecule has 3 aromatic heterocycles. The molecule has 4 nitrogen and oxygen atoms in total. The van der Waals surface area contributed by atoms with Crippen LogP contribution in [0.5, 0.6) is 0 Å². The molecule has 3 heterocycles. The van der Waals surface area contributed by atoms with Gasteiger partial charge in [-0.3, -0.25) is 9.08 Å². The lowest BCUT2D eigenvalue weighted by molar-refractivity contribution is 0.756. The molecule has 0 N–H and O–H groups in total. The van der Waals surface area contributed by atoms with Crippen molar-refractivity contribution in [3.63, 3.8) is 0 Å². The highest BCUT2D eigenvalue weighted by Gasteiger charge is 2.20. The van der Waals surface area contributed by atoms with Gasteiger partial charge in [-0.2, -0.15) is 5.10 Å². The van der Waals surface area contributed by atoms with Crippen LogP contribution in [0.3, 0.4) is 0 Å². The average molecular weight is 258 g/mol. The molecule has 18 heavy (non-hydrogen) atoms. The van der Waals surface area contributed by atoms with Crippen molar-refractivity contribution in [1.82, 2.24) is 19.2 Å². The van der Waals surface area contributed by atoms with Gasteiger partial charge in [0.2, 0.25) is 0 Å². The number of hydrogen-bond acceptors (Lipinski definition) is 3. The standard InChI is InChI=1S/C13H14N4S/c1-8-9(6-16(2)15-8)10-7-17-11-4-3-5-12(11)18-13(17)14-10/h6-7H,3-5H2,1-2H3. The number of thiazole rings is 1. The Morgan fingerprint density at radius 3 is 2.94 bits per heavy atom. The molecule has 0 radical (unpaired) electrons. The molecule has 0 saturated carbocycles. The van der Waals surface area contributed by atoms with Crippen molar-refractivity contribution in [3.05, 3.63) is 28.7 Å². The largest absolute Gasteiger partial charge is 0.294 e. The zero-order valence-electron chi connectivity index (χ0n) is 10.5. The Balaban J connectivity index is 1.92. The van der Waals surface area contributed by atoms with E-state index < -0.39 is 0 Å². The molecule has 0 bridgehead atoms. The Hall–Kier alpha value is -1.62. The Bertz CT molecular complexity index is 747. The van der Waals surface area contributed by atoms with Crippen molar-refractivity contribution in [2.24, 2.45) is 7.05 Å². The number of imidazole rings is 1. The molecular formula is C13H14N4S. The first-order valence-corrected chi connectivity index (χ1v) is 7.04. The van der Waals surface area contributed by atoms with Crippen molar-refractivity contribution < 1.29 is 0 Å². The van der Waals surface area contributed by atoms with Gasteiger partial charge in [-0.1, -0.05) is 0 Å². The zero-order chi connectivity index (χ0) is 12.3. The SMILES string of the molecule is Cc1nn(C)cc1-c1cn2c3c(sc2n1)CCC3. The summed E-state index contributed by atoms with van der Waals surface area (Å²) in [4.78, 5) is 7.39. The first kappa shape index (κ1) is 10.3. The summed E-state index contributed by atoms with van der Waals surface area (Å²) in [6.07, 6.45) is 7.92. The van der Waals surface area contributed by atoms with Gasteiger partial charge in [-0.05, 0) is 26.2 Å². The summed E-state index contributed by atoms with van der Waals surface area (Å²) in [5, 5.41) is 4.39. The lowest BCUT2D eigenvalue weighted by Gasteiger charge is -1.92. The normalized spacial score (nSPS) is 14.6. The molecule has 0 atom stereocenters. The van der Waals surface area contributed by atoms with Gasteiger partial charge in [0, 0.05) is 35.6 Å². The monoisotopic (exact) mass is 258 g/mol. The second-order valence-corrected chi connectivity index (χ2v) is 5.97. The molecular weight excluding hydrogens is 244 g/mol. The minimum absolute atomic E-state index is 1.04. The average Bonchev–Trinajstić information content (AvgIpc) is 2.98. The van der Waals surface area contributed by atoms with Crippen molar-refractivity contribution in [3.8, 4) is 11.3 Å². The smallest absolute Gasteiger partial charge is 0.194 e. The molecule has 5 heteroatoms. The second-order valence-electron chi connectivity index (χ2n) is 4.91. The van der Waals surface area contributed by atoms with Crippen LogP contribution in [0.25, 0.3) is 16.2 Å². The maximum absolute atomic E-state index is 4.75. The van der Waals surface area contributed by atoms with Crippen LogP contribution in [0.4, 0.5) is 0 Å². The van der Waals surface area contributed by atoms with Gasteiger partial charge in [0.05, 0.1) is 11.4 Å². The van der Waals surface area contributed by atoms with Crippen LogP contribution < -0.4 is 0 Å². The Labute approximate surface area is 109 Å². The second kappa shape index (κ2) is 3.45. The molecule has 0 saturated heterocycles. The van der Waals surface area contributed by atoms with Gasteiger partial charge in [0.25, 0.3) is 0 Å². The van der Waals surface area contributed by atoms with Gasteiger partial charge < -0.3 is 0 Å². The fraction of sp³-hybridized carbons (Fsp3) is 0.385. The minimum atomic E-state index is 1.04. The van der Waals surface area contributed by atoms with Crippen LogP contribution in [-0.2, 0) is 19.9 Å². The minimum Gasteiger partial charge on any atom is -0.294 e. The van der Waals surface area contributed by atoms with Gasteiger partial charge in [0.15, 0.2) is 4.96 Å². The number of aromatic nitrogens is 4. The van der Waals surface area contributed by atoms with Gasteiger partial charge in [-0.25, -0.2) is 4.98 Å². The molecule has 92 valence electrons. The molecule has 0 aromatic carbocycles. The molecule has 1 aliphatic carbocycles. The van der Waals surface area contributed by atoms with E-state index in [1.54, 1.807) is 0 Å². The van der Waals surface area contributed by atoms with Gasteiger partial charge in [-0.15, -0.1) is 11.3 Å². The van der Waals surface area contributed by atoms with Crippen LogP contribution in [0.15, 0.2) is 12.4 Å². The molecule has 4 rings (SSSR count). The van der Waals surface area contributed by atoms with Crippen LogP contribution >= 0.6 is 11.3 Å². The van der Waals surface area contributed by atoms with Gasteiger partial charge in [0.1, 0.15) is 0 Å². The highest BCUT2D eigenvalue weighted by Crippen LogP contribution is 2.33. The summed E-state index contributed by atoms with van der Waals surface area (Å²) >= 11 is 1.84. The summed E-state index contributed by atoms with van der Waals surface area (Å²) in [5.41, 5.74) is 4.69. The number of rotatable bonds is 1. The summed E-state index contributed by atoms with van der Waals surface area (Å²) in [5.74, 6) is 0. The fourth-order valence-corrected chi connectivity index (χ4v) is 3.97. The lowest BCUT2D eigenvalue weighted by atomic mass is 10.2. The van der Waals surface area contributed by atoms with E-state index in [0.29, 0.717) is 0 Å². The Morgan fingerprint density at radius 1 is 1.28 bits per heavy atom. The van der Waals surface area contributed by atoms with Crippen molar-refractivity contribution in [1.29, 1.82) is 0 Å². The van der Waals surface area contributed by atoms with Crippen LogP contribution in [0, 0.1) is 6.92 Å². The maximum atomic E-state index is 4.75.